The molecule has 0 aliphatic carbocycles. The Labute approximate surface area is 76.3 Å². The van der Waals surface area contributed by atoms with Crippen LogP contribution in [0, 0.1) is 0 Å². The molecule has 0 saturated carbocycles. The third-order valence-electron chi connectivity index (χ3n) is 1.75. The summed E-state index contributed by atoms with van der Waals surface area (Å²) in [7, 11) is 0.775. The Bertz CT molecular complexity index is 212. The molecule has 0 bridgehead atoms. The van der Waals surface area contributed by atoms with Crippen LogP contribution in [0.2, 0.25) is 0 Å². The number of hydrogen-bond donors (Lipinski definition) is 2. The van der Waals surface area contributed by atoms with Crippen molar-refractivity contribution >= 4 is 30.6 Å². The number of carbonyl (C=O) groups is 1. The summed E-state index contributed by atoms with van der Waals surface area (Å²) in [5, 5.41) is 5.76. The van der Waals surface area contributed by atoms with Crippen molar-refractivity contribution in [3.05, 3.63) is 0 Å². The Hall–Kier alpha value is -0.615. The van der Waals surface area contributed by atoms with Crippen LogP contribution in [0.15, 0.2) is 0 Å². The predicted molar refractivity (Wildman–Crippen MR) is 48.4 cm³/mol. The van der Waals surface area contributed by atoms with Gasteiger partial charge in [-0.2, -0.15) is 0 Å². The minimum atomic E-state index is -0.193. The van der Waals surface area contributed by atoms with Gasteiger partial charge in [-0.25, -0.2) is 0 Å². The van der Waals surface area contributed by atoms with E-state index in [9.17, 15) is 9.50 Å². The van der Waals surface area contributed by atoms with E-state index in [4.69, 9.17) is 12.2 Å². The Balaban J connectivity index is 2.40. The zero-order valence-corrected chi connectivity index (χ0v) is 7.26. The van der Waals surface area contributed by atoms with E-state index < -0.39 is 0 Å². The average Bonchev–Trinajstić information content (AvgIpc) is 2.43. The summed E-state index contributed by atoms with van der Waals surface area (Å²) < 4.78 is 10.0. The second-order valence-electron chi connectivity index (χ2n) is 2.61. The molecule has 64 valence electrons. The van der Waals surface area contributed by atoms with Gasteiger partial charge < -0.3 is 0 Å². The van der Waals surface area contributed by atoms with Crippen LogP contribution in [0.5, 0.6) is 0 Å². The fourth-order valence-corrected chi connectivity index (χ4v) is 1.49. The third-order valence-corrected chi connectivity index (χ3v) is 2.15. The molecule has 4 nitrogen and oxygen atoms in total. The first-order valence-corrected chi connectivity index (χ1v) is 4.11. The van der Waals surface area contributed by atoms with Crippen LogP contribution in [-0.2, 0) is 9.50 Å². The van der Waals surface area contributed by atoms with Gasteiger partial charge in [-0.3, -0.25) is 0 Å². The van der Waals surface area contributed by atoms with Gasteiger partial charge in [0.05, 0.1) is 0 Å². The van der Waals surface area contributed by atoms with Crippen LogP contribution in [-0.4, -0.2) is 37.0 Å². The van der Waals surface area contributed by atoms with E-state index in [1.807, 2.05) is 0 Å². The molecular weight excluding hydrogens is 175 g/mol. The number of hydrogen-bond acceptors (Lipinski definition) is 4. The number of nitrogens with one attached hydrogen (secondary N) is 2. The third kappa shape index (κ3) is 2.18. The first-order valence-electron chi connectivity index (χ1n) is 3.70. The molecule has 0 radical (unpaired) electrons. The maximum absolute atomic E-state index is 10.4. The van der Waals surface area contributed by atoms with Gasteiger partial charge in [0.2, 0.25) is 0 Å². The van der Waals surface area contributed by atoms with Gasteiger partial charge in [0.1, 0.15) is 0 Å². The van der Waals surface area contributed by atoms with Crippen molar-refractivity contribution in [1.29, 1.82) is 0 Å². The van der Waals surface area contributed by atoms with E-state index in [1.165, 1.54) is 0 Å². The molecule has 0 amide bonds. The molecular formula is C6H9BN2O2S. The van der Waals surface area contributed by atoms with E-state index in [2.05, 4.69) is 10.6 Å². The van der Waals surface area contributed by atoms with Crippen molar-refractivity contribution in [2.75, 3.05) is 6.44 Å². The van der Waals surface area contributed by atoms with Crippen LogP contribution >= 0.6 is 12.2 Å². The molecule has 1 heterocycles. The van der Waals surface area contributed by atoms with Crippen LogP contribution in [0.25, 0.3) is 0 Å². The van der Waals surface area contributed by atoms with Crippen molar-refractivity contribution < 1.29 is 9.50 Å². The molecule has 2 unspecified atom stereocenters. The zero-order valence-electron chi connectivity index (χ0n) is 6.45. The Morgan fingerprint density at radius 1 is 1.83 bits per heavy atom. The van der Waals surface area contributed by atoms with Crippen LogP contribution < -0.4 is 10.6 Å². The molecule has 0 aromatic heterocycles. The fourth-order valence-electron chi connectivity index (χ4n) is 1.16. The van der Waals surface area contributed by atoms with Crippen molar-refractivity contribution in [2.45, 2.75) is 18.5 Å². The molecule has 1 fully saturated rings. The van der Waals surface area contributed by atoms with Gasteiger partial charge in [-0.1, -0.05) is 0 Å². The van der Waals surface area contributed by atoms with Gasteiger partial charge in [0, 0.05) is 0 Å². The summed E-state index contributed by atoms with van der Waals surface area (Å²) in [6.07, 6.45) is 1.74. The second kappa shape index (κ2) is 4.42. The van der Waals surface area contributed by atoms with E-state index in [1.54, 1.807) is 0 Å². The Morgan fingerprint density at radius 2 is 2.58 bits per heavy atom. The molecule has 2 N–H and O–H groups in total. The van der Waals surface area contributed by atoms with Gasteiger partial charge in [-0.05, 0) is 0 Å². The first kappa shape index (κ1) is 9.47. The summed E-state index contributed by atoms with van der Waals surface area (Å²) in [6, 6.07) is -0.220. The molecule has 0 aromatic rings. The standard InChI is InChI=1S/C6H9BN2O2S/c10-2-4-1-5(6(12)9-4)8-3-7-11/h2,4-5,8H,1,3H2,(H,9,12). The van der Waals surface area contributed by atoms with Crippen molar-refractivity contribution in [3.8, 4) is 0 Å². The van der Waals surface area contributed by atoms with E-state index in [0.717, 1.165) is 13.4 Å². The number of carbonyl (C=O) groups excluding carboxylic acids is 1. The van der Waals surface area contributed by atoms with Crippen molar-refractivity contribution in [2.24, 2.45) is 0 Å². The van der Waals surface area contributed by atoms with E-state index >= 15 is 0 Å². The van der Waals surface area contributed by atoms with Crippen LogP contribution in [0.4, 0.5) is 0 Å². The summed E-state index contributed by atoms with van der Waals surface area (Å²) in [6.45, 7) is 0. The topological polar surface area (TPSA) is 58.2 Å². The average molecular weight is 184 g/mol. The molecule has 1 aliphatic heterocycles. The first-order chi connectivity index (χ1) is 5.77. The number of rotatable bonds is 4. The summed E-state index contributed by atoms with van der Waals surface area (Å²) in [4.78, 5) is 11.0. The number of thiocarbonyl (C=S) groups is 1. The SMILES string of the molecule is O=BCNC1CC(C=O)NC1=S. The van der Waals surface area contributed by atoms with Crippen LogP contribution in [0.1, 0.15) is 6.42 Å². The molecule has 1 saturated heterocycles. The normalized spacial score (nSPS) is 27.8. The maximum atomic E-state index is 10.4. The number of aldehydes is 1. The Morgan fingerprint density at radius 3 is 3.08 bits per heavy atom. The second-order valence-corrected chi connectivity index (χ2v) is 3.05. The molecule has 1 aliphatic rings. The molecule has 1 rings (SSSR count). The van der Waals surface area contributed by atoms with Gasteiger partial charge in [0.25, 0.3) is 0 Å². The van der Waals surface area contributed by atoms with E-state index in [-0.39, 0.29) is 18.5 Å². The van der Waals surface area contributed by atoms with Crippen LogP contribution in [0.3, 0.4) is 0 Å². The Kier molecular flexibility index (Phi) is 3.49. The molecule has 0 aromatic carbocycles. The van der Waals surface area contributed by atoms with E-state index in [0.29, 0.717) is 11.4 Å². The van der Waals surface area contributed by atoms with Gasteiger partial charge in [0.15, 0.2) is 0 Å². The molecule has 6 heteroatoms. The van der Waals surface area contributed by atoms with Gasteiger partial charge in [-0.15, -0.1) is 0 Å². The zero-order chi connectivity index (χ0) is 8.97. The van der Waals surface area contributed by atoms with Crippen molar-refractivity contribution in [3.63, 3.8) is 0 Å². The monoisotopic (exact) mass is 184 g/mol. The minimum absolute atomic E-state index is 0.0274. The molecule has 2 atom stereocenters. The summed E-state index contributed by atoms with van der Waals surface area (Å²) >= 11 is 4.95. The predicted octanol–water partition coefficient (Wildman–Crippen LogP) is -1.16. The molecule has 0 spiro atoms. The summed E-state index contributed by atoms with van der Waals surface area (Å²) in [5.74, 6) is 0. The quantitative estimate of drug-likeness (QED) is 0.328. The van der Waals surface area contributed by atoms with Crippen molar-refractivity contribution in [1.82, 2.24) is 10.6 Å². The fraction of sp³-hybridized carbons (Fsp3) is 0.667. The molecule has 12 heavy (non-hydrogen) atoms. The summed E-state index contributed by atoms with van der Waals surface area (Å²) in [5.41, 5.74) is 0. The van der Waals surface area contributed by atoms with Gasteiger partial charge >= 0.3 is 75.7 Å².